The summed E-state index contributed by atoms with van der Waals surface area (Å²) in [5.41, 5.74) is 0.687. The summed E-state index contributed by atoms with van der Waals surface area (Å²) in [5.74, 6) is 0.987. The lowest BCUT2D eigenvalue weighted by Crippen LogP contribution is -2.42. The summed E-state index contributed by atoms with van der Waals surface area (Å²) < 4.78 is 11.5. The van der Waals surface area contributed by atoms with Gasteiger partial charge in [0.1, 0.15) is 6.10 Å². The van der Waals surface area contributed by atoms with Gasteiger partial charge < -0.3 is 14.2 Å². The van der Waals surface area contributed by atoms with E-state index >= 15 is 0 Å². The molecule has 0 N–H and O–H groups in total. The van der Waals surface area contributed by atoms with Crippen LogP contribution in [0.2, 0.25) is 0 Å². The van der Waals surface area contributed by atoms with E-state index in [9.17, 15) is 4.79 Å². The minimum absolute atomic E-state index is 0.000432. The zero-order valence-corrected chi connectivity index (χ0v) is 13.1. The largest absolute Gasteiger partial charge is 0.366 e. The number of amides is 1. The average Bonchev–Trinajstić information content (AvgIpc) is 3.07. The zero-order valence-electron chi connectivity index (χ0n) is 10.7. The van der Waals surface area contributed by atoms with Gasteiger partial charge in [0.05, 0.1) is 22.5 Å². The zero-order chi connectivity index (χ0) is 14.1. The van der Waals surface area contributed by atoms with E-state index in [-0.39, 0.29) is 12.0 Å². The molecule has 106 valence electrons. The third kappa shape index (κ3) is 2.77. The summed E-state index contributed by atoms with van der Waals surface area (Å²) in [6.07, 6.45) is -0.327. The maximum absolute atomic E-state index is 12.4. The first-order chi connectivity index (χ1) is 9.63. The van der Waals surface area contributed by atoms with Crippen LogP contribution < -0.4 is 0 Å². The Labute approximate surface area is 127 Å². The molecule has 8 heteroatoms. The Bertz CT molecular complexity index is 627. The highest BCUT2D eigenvalue weighted by molar-refractivity contribution is 9.11. The highest BCUT2D eigenvalue weighted by Crippen LogP contribution is 2.25. The first-order valence-corrected chi connectivity index (χ1v) is 7.76. The third-order valence-corrected chi connectivity index (χ3v) is 4.50. The van der Waals surface area contributed by atoms with E-state index in [1.807, 2.05) is 11.4 Å². The Morgan fingerprint density at radius 1 is 1.60 bits per heavy atom. The molecule has 0 radical (unpaired) electrons. The van der Waals surface area contributed by atoms with Gasteiger partial charge in [-0.25, -0.2) is 0 Å². The maximum atomic E-state index is 12.4. The fourth-order valence-corrected chi connectivity index (χ4v) is 3.17. The number of ether oxygens (including phenoxy) is 1. The van der Waals surface area contributed by atoms with Gasteiger partial charge in [-0.1, -0.05) is 5.16 Å². The first kappa shape index (κ1) is 13.7. The molecule has 0 aliphatic carbocycles. The van der Waals surface area contributed by atoms with E-state index < -0.39 is 0 Å². The number of thiophene rings is 1. The van der Waals surface area contributed by atoms with Crippen molar-refractivity contribution in [1.82, 2.24) is 15.0 Å². The number of hydrogen-bond acceptors (Lipinski definition) is 6. The molecular formula is C12H12BrN3O3S. The first-order valence-electron chi connectivity index (χ1n) is 6.08. The number of carbonyl (C=O) groups is 1. The molecule has 1 fully saturated rings. The number of aromatic nitrogens is 2. The van der Waals surface area contributed by atoms with Crippen LogP contribution in [0.5, 0.6) is 0 Å². The molecule has 3 heterocycles. The average molecular weight is 358 g/mol. The Balaban J connectivity index is 1.73. The van der Waals surface area contributed by atoms with Gasteiger partial charge in [-0.15, -0.1) is 11.3 Å². The van der Waals surface area contributed by atoms with Gasteiger partial charge in [0.2, 0.25) is 11.7 Å². The number of rotatable bonds is 2. The molecule has 2 aromatic rings. The predicted octanol–water partition coefficient (Wildman–Crippen LogP) is 2.42. The van der Waals surface area contributed by atoms with E-state index in [2.05, 4.69) is 26.1 Å². The number of hydrogen-bond donors (Lipinski definition) is 0. The third-order valence-electron chi connectivity index (χ3n) is 3.00. The van der Waals surface area contributed by atoms with Crippen molar-refractivity contribution in [3.8, 4) is 0 Å². The topological polar surface area (TPSA) is 68.5 Å². The van der Waals surface area contributed by atoms with Gasteiger partial charge in [-0.3, -0.25) is 4.79 Å². The van der Waals surface area contributed by atoms with Crippen molar-refractivity contribution in [1.29, 1.82) is 0 Å². The Hall–Kier alpha value is -1.25. The standard InChI is InChI=1S/C12H12BrN3O3S/c1-7-14-11(15-19-7)9-5-16(2-3-18-9)12(17)8-4-10(13)20-6-8/h4,6,9H,2-3,5H2,1H3. The molecule has 0 aromatic carbocycles. The molecule has 1 atom stereocenters. The van der Waals surface area contributed by atoms with Crippen LogP contribution in [0.25, 0.3) is 0 Å². The lowest BCUT2D eigenvalue weighted by molar-refractivity contribution is -0.0276. The quantitative estimate of drug-likeness (QED) is 0.825. The fraction of sp³-hybridized carbons (Fsp3) is 0.417. The molecule has 0 spiro atoms. The molecule has 1 aliphatic rings. The molecular weight excluding hydrogens is 346 g/mol. The molecule has 1 unspecified atom stereocenters. The lowest BCUT2D eigenvalue weighted by Gasteiger charge is -2.31. The Morgan fingerprint density at radius 3 is 3.10 bits per heavy atom. The van der Waals surface area contributed by atoms with Gasteiger partial charge >= 0.3 is 0 Å². The molecule has 1 saturated heterocycles. The Kier molecular flexibility index (Phi) is 3.86. The van der Waals surface area contributed by atoms with Gasteiger partial charge in [0.25, 0.3) is 5.91 Å². The number of carbonyl (C=O) groups excluding carboxylic acids is 1. The summed E-state index contributed by atoms with van der Waals surface area (Å²) in [4.78, 5) is 18.3. The summed E-state index contributed by atoms with van der Waals surface area (Å²) in [6, 6.07) is 1.83. The van der Waals surface area contributed by atoms with Crippen LogP contribution in [-0.2, 0) is 4.74 Å². The fourth-order valence-electron chi connectivity index (χ4n) is 2.04. The summed E-state index contributed by atoms with van der Waals surface area (Å²) in [6.45, 7) is 3.20. The van der Waals surface area contributed by atoms with Crippen LogP contribution in [-0.4, -0.2) is 40.6 Å². The molecule has 1 amide bonds. The monoisotopic (exact) mass is 357 g/mol. The van der Waals surface area contributed by atoms with Crippen molar-refractivity contribution in [3.05, 3.63) is 32.5 Å². The molecule has 0 bridgehead atoms. The predicted molar refractivity (Wildman–Crippen MR) is 75.7 cm³/mol. The molecule has 0 saturated carbocycles. The number of nitrogens with zero attached hydrogens (tertiary/aromatic N) is 3. The van der Waals surface area contributed by atoms with E-state index in [0.717, 1.165) is 3.79 Å². The molecule has 6 nitrogen and oxygen atoms in total. The minimum Gasteiger partial charge on any atom is -0.366 e. The van der Waals surface area contributed by atoms with E-state index in [1.165, 1.54) is 11.3 Å². The van der Waals surface area contributed by atoms with E-state index in [1.54, 1.807) is 11.8 Å². The molecule has 3 rings (SSSR count). The SMILES string of the molecule is Cc1nc(C2CN(C(=O)c3csc(Br)c3)CCO2)no1. The van der Waals surface area contributed by atoms with Crippen molar-refractivity contribution in [3.63, 3.8) is 0 Å². The molecule has 1 aliphatic heterocycles. The maximum Gasteiger partial charge on any atom is 0.254 e. The van der Waals surface area contributed by atoms with Gasteiger partial charge in [0, 0.05) is 18.8 Å². The van der Waals surface area contributed by atoms with Crippen molar-refractivity contribution in [2.24, 2.45) is 0 Å². The second-order valence-corrected chi connectivity index (χ2v) is 6.71. The highest BCUT2D eigenvalue weighted by atomic mass is 79.9. The van der Waals surface area contributed by atoms with E-state index in [0.29, 0.717) is 37.0 Å². The van der Waals surface area contributed by atoms with Crippen molar-refractivity contribution in [2.45, 2.75) is 13.0 Å². The number of aryl methyl sites for hydroxylation is 1. The van der Waals surface area contributed by atoms with Crippen molar-refractivity contribution >= 4 is 33.2 Å². The van der Waals surface area contributed by atoms with Gasteiger partial charge in [-0.2, -0.15) is 4.98 Å². The van der Waals surface area contributed by atoms with Gasteiger partial charge in [-0.05, 0) is 22.0 Å². The van der Waals surface area contributed by atoms with Crippen LogP contribution in [0, 0.1) is 6.92 Å². The van der Waals surface area contributed by atoms with Crippen molar-refractivity contribution in [2.75, 3.05) is 19.7 Å². The second-order valence-electron chi connectivity index (χ2n) is 4.42. The normalized spacial score (nSPS) is 19.3. The number of morpholine rings is 1. The summed E-state index contributed by atoms with van der Waals surface area (Å²) >= 11 is 4.86. The molecule has 20 heavy (non-hydrogen) atoms. The summed E-state index contributed by atoms with van der Waals surface area (Å²) in [5, 5.41) is 5.70. The Morgan fingerprint density at radius 2 is 2.45 bits per heavy atom. The van der Waals surface area contributed by atoms with E-state index in [4.69, 9.17) is 9.26 Å². The van der Waals surface area contributed by atoms with Crippen LogP contribution in [0.1, 0.15) is 28.2 Å². The van der Waals surface area contributed by atoms with Crippen molar-refractivity contribution < 1.29 is 14.1 Å². The van der Waals surface area contributed by atoms with Gasteiger partial charge in [0.15, 0.2) is 0 Å². The smallest absolute Gasteiger partial charge is 0.254 e. The van der Waals surface area contributed by atoms with Crippen LogP contribution in [0.4, 0.5) is 0 Å². The van der Waals surface area contributed by atoms with Crippen LogP contribution in [0.3, 0.4) is 0 Å². The second kappa shape index (κ2) is 5.63. The molecule has 2 aromatic heterocycles. The lowest BCUT2D eigenvalue weighted by atomic mass is 10.2. The highest BCUT2D eigenvalue weighted by Gasteiger charge is 2.29. The number of halogens is 1. The van der Waals surface area contributed by atoms with Crippen LogP contribution in [0.15, 0.2) is 19.8 Å². The summed E-state index contributed by atoms with van der Waals surface area (Å²) in [7, 11) is 0. The minimum atomic E-state index is -0.327. The van der Waals surface area contributed by atoms with Crippen LogP contribution >= 0.6 is 27.3 Å².